The Morgan fingerprint density at radius 1 is 0.818 bits per heavy atom. The van der Waals surface area contributed by atoms with E-state index in [1.807, 2.05) is 24.3 Å². The smallest absolute Gasteiger partial charge is 0.223 e. The molecule has 2 N–H and O–H groups in total. The predicted molar refractivity (Wildman–Crippen MR) is 124 cm³/mol. The normalized spacial score (nSPS) is 26.1. The Kier molecular flexibility index (Phi) is 5.28. The third-order valence-corrected chi connectivity index (χ3v) is 6.59. The summed E-state index contributed by atoms with van der Waals surface area (Å²) in [6.45, 7) is 0.963. The second-order valence-corrected chi connectivity index (χ2v) is 8.94. The number of nitrogens with one attached hydrogen (secondary N) is 2. The van der Waals surface area contributed by atoms with E-state index in [-0.39, 0.29) is 36.1 Å². The van der Waals surface area contributed by atoms with Gasteiger partial charge in [-0.2, -0.15) is 0 Å². The monoisotopic (exact) mass is 442 g/mol. The molecule has 0 spiro atoms. The Balaban J connectivity index is 1.12. The lowest BCUT2D eigenvalue weighted by atomic mass is 10.0. The van der Waals surface area contributed by atoms with Gasteiger partial charge in [-0.3, -0.25) is 4.79 Å². The van der Waals surface area contributed by atoms with E-state index < -0.39 is 0 Å². The third kappa shape index (κ3) is 4.21. The lowest BCUT2D eigenvalue weighted by Gasteiger charge is -2.18. The number of fused-ring (bicyclic) bond motifs is 1. The topological polar surface area (TPSA) is 85.4 Å². The van der Waals surface area contributed by atoms with Crippen molar-refractivity contribution in [2.75, 3.05) is 18.5 Å². The quantitative estimate of drug-likeness (QED) is 0.610. The van der Waals surface area contributed by atoms with Gasteiger partial charge in [0.1, 0.15) is 12.2 Å². The molecule has 3 aliphatic rings. The molecule has 0 radical (unpaired) electrons. The van der Waals surface area contributed by atoms with E-state index in [1.54, 1.807) is 6.20 Å². The average molecular weight is 443 g/mol. The van der Waals surface area contributed by atoms with Crippen molar-refractivity contribution in [3.63, 3.8) is 0 Å². The van der Waals surface area contributed by atoms with Crippen LogP contribution in [0.15, 0.2) is 66.9 Å². The van der Waals surface area contributed by atoms with Crippen LogP contribution in [0, 0.1) is 5.92 Å². The molecule has 0 bridgehead atoms. The summed E-state index contributed by atoms with van der Waals surface area (Å²) in [7, 11) is 0. The maximum atomic E-state index is 12.1. The van der Waals surface area contributed by atoms with Crippen LogP contribution >= 0.6 is 0 Å². The Labute approximate surface area is 192 Å². The molecule has 1 amide bonds. The van der Waals surface area contributed by atoms with Crippen LogP contribution in [0.4, 0.5) is 5.95 Å². The highest BCUT2D eigenvalue weighted by Gasteiger charge is 2.49. The van der Waals surface area contributed by atoms with Gasteiger partial charge in [-0.1, -0.05) is 54.6 Å². The first kappa shape index (κ1) is 20.3. The Hall–Kier alpha value is -3.29. The first-order valence-electron chi connectivity index (χ1n) is 11.5. The molecule has 33 heavy (non-hydrogen) atoms. The van der Waals surface area contributed by atoms with E-state index in [4.69, 9.17) is 14.5 Å². The first-order valence-corrected chi connectivity index (χ1v) is 11.5. The van der Waals surface area contributed by atoms with Crippen molar-refractivity contribution in [2.24, 2.45) is 5.92 Å². The highest BCUT2D eigenvalue weighted by atomic mass is 16.6. The number of rotatable bonds is 6. The van der Waals surface area contributed by atoms with Gasteiger partial charge in [0.15, 0.2) is 0 Å². The molecular formula is C26H26N4O3. The number of carbonyl (C=O) groups is 1. The molecule has 6 rings (SSSR count). The standard InChI is InChI=1S/C26H26N4O3/c31-25(19-10-11-19)28-21-14-32-24-22(15-33-23(21)24)30-26-27-13-12-20(29-26)18-8-6-17(7-9-18)16-4-2-1-3-5-16/h1-9,12-13,19,21-24H,10-11,14-15H2,(H,28,31)(H,27,29,30)/t21-,22-,23+,24+/m0/s1. The average Bonchev–Trinajstić information content (AvgIpc) is 3.54. The molecular weight excluding hydrogens is 416 g/mol. The highest BCUT2D eigenvalue weighted by molar-refractivity contribution is 5.81. The van der Waals surface area contributed by atoms with Crippen molar-refractivity contribution >= 4 is 11.9 Å². The number of benzene rings is 2. The number of hydrogen-bond donors (Lipinski definition) is 2. The Bertz CT molecular complexity index is 1130. The van der Waals surface area contributed by atoms with Crippen LogP contribution in [-0.2, 0) is 14.3 Å². The van der Waals surface area contributed by atoms with E-state index in [0.717, 1.165) is 24.1 Å². The molecule has 3 aromatic rings. The number of ether oxygens (including phenoxy) is 2. The van der Waals surface area contributed by atoms with Gasteiger partial charge >= 0.3 is 0 Å². The van der Waals surface area contributed by atoms with Gasteiger partial charge < -0.3 is 20.1 Å². The van der Waals surface area contributed by atoms with Crippen molar-refractivity contribution < 1.29 is 14.3 Å². The number of hydrogen-bond acceptors (Lipinski definition) is 6. The van der Waals surface area contributed by atoms with Crippen molar-refractivity contribution in [3.8, 4) is 22.4 Å². The van der Waals surface area contributed by atoms with Gasteiger partial charge in [-0.15, -0.1) is 0 Å². The van der Waals surface area contributed by atoms with Gasteiger partial charge in [0, 0.05) is 17.7 Å². The summed E-state index contributed by atoms with van der Waals surface area (Å²) in [4.78, 5) is 21.3. The van der Waals surface area contributed by atoms with Crippen molar-refractivity contribution in [2.45, 2.75) is 37.1 Å². The number of amides is 1. The Morgan fingerprint density at radius 3 is 2.24 bits per heavy atom. The molecule has 1 saturated carbocycles. The van der Waals surface area contributed by atoms with Gasteiger partial charge in [0.25, 0.3) is 0 Å². The molecule has 2 saturated heterocycles. The van der Waals surface area contributed by atoms with E-state index in [1.165, 1.54) is 11.1 Å². The summed E-state index contributed by atoms with van der Waals surface area (Å²) in [6.07, 6.45) is 3.46. The molecule has 1 aliphatic carbocycles. The van der Waals surface area contributed by atoms with Crippen molar-refractivity contribution in [3.05, 3.63) is 66.9 Å². The van der Waals surface area contributed by atoms with Crippen LogP contribution < -0.4 is 10.6 Å². The highest BCUT2D eigenvalue weighted by Crippen LogP contribution is 2.32. The van der Waals surface area contributed by atoms with Crippen molar-refractivity contribution in [1.82, 2.24) is 15.3 Å². The number of aromatic nitrogens is 2. The summed E-state index contributed by atoms with van der Waals surface area (Å²) < 4.78 is 12.0. The van der Waals surface area contributed by atoms with E-state index in [2.05, 4.69) is 52.0 Å². The summed E-state index contributed by atoms with van der Waals surface area (Å²) in [5.74, 6) is 0.846. The molecule has 3 heterocycles. The van der Waals surface area contributed by atoms with Crippen LogP contribution in [0.1, 0.15) is 12.8 Å². The van der Waals surface area contributed by atoms with Gasteiger partial charge in [0.2, 0.25) is 11.9 Å². The molecule has 1 aromatic heterocycles. The molecule has 2 aliphatic heterocycles. The zero-order valence-electron chi connectivity index (χ0n) is 18.2. The third-order valence-electron chi connectivity index (χ3n) is 6.59. The molecule has 168 valence electrons. The zero-order chi connectivity index (χ0) is 22.2. The van der Waals surface area contributed by atoms with Crippen LogP contribution in [0.5, 0.6) is 0 Å². The molecule has 3 fully saturated rings. The molecule has 0 unspecified atom stereocenters. The minimum atomic E-state index is -0.140. The van der Waals surface area contributed by atoms with Crippen LogP contribution in [0.2, 0.25) is 0 Å². The number of anilines is 1. The molecule has 7 heteroatoms. The fraction of sp³-hybridized carbons (Fsp3) is 0.346. The number of carbonyl (C=O) groups excluding carboxylic acids is 1. The summed E-state index contributed by atoms with van der Waals surface area (Å²) in [5, 5.41) is 6.48. The maximum absolute atomic E-state index is 12.1. The minimum Gasteiger partial charge on any atom is -0.371 e. The summed E-state index contributed by atoms with van der Waals surface area (Å²) >= 11 is 0. The molecule has 7 nitrogen and oxygen atoms in total. The number of nitrogens with zero attached hydrogens (tertiary/aromatic N) is 2. The van der Waals surface area contributed by atoms with E-state index in [9.17, 15) is 4.79 Å². The lowest BCUT2D eigenvalue weighted by molar-refractivity contribution is -0.123. The van der Waals surface area contributed by atoms with E-state index in [0.29, 0.717) is 19.2 Å². The fourth-order valence-electron chi connectivity index (χ4n) is 4.61. The summed E-state index contributed by atoms with van der Waals surface area (Å²) in [5.41, 5.74) is 4.24. The largest absolute Gasteiger partial charge is 0.371 e. The van der Waals surface area contributed by atoms with Gasteiger partial charge in [-0.25, -0.2) is 9.97 Å². The second kappa shape index (κ2) is 8.57. The van der Waals surface area contributed by atoms with Crippen molar-refractivity contribution in [1.29, 1.82) is 0 Å². The molecule has 2 aromatic carbocycles. The lowest BCUT2D eigenvalue weighted by Crippen LogP contribution is -2.45. The SMILES string of the molecule is O=C(N[C@H]1CO[C@H]2[C@@H]1OC[C@@H]2Nc1nccc(-c2ccc(-c3ccccc3)cc2)n1)C1CC1. The van der Waals surface area contributed by atoms with Gasteiger partial charge in [0.05, 0.1) is 31.0 Å². The first-order chi connectivity index (χ1) is 16.2. The van der Waals surface area contributed by atoms with Crippen LogP contribution in [0.25, 0.3) is 22.4 Å². The summed E-state index contributed by atoms with van der Waals surface area (Å²) in [6, 6.07) is 20.4. The maximum Gasteiger partial charge on any atom is 0.223 e. The predicted octanol–water partition coefficient (Wildman–Crippen LogP) is 3.28. The zero-order valence-corrected chi connectivity index (χ0v) is 18.2. The van der Waals surface area contributed by atoms with Gasteiger partial charge in [-0.05, 0) is 30.0 Å². The van der Waals surface area contributed by atoms with Crippen LogP contribution in [-0.4, -0.2) is 53.4 Å². The minimum absolute atomic E-state index is 0.0615. The van der Waals surface area contributed by atoms with E-state index >= 15 is 0 Å². The second-order valence-electron chi connectivity index (χ2n) is 8.94. The fourth-order valence-corrected chi connectivity index (χ4v) is 4.61. The Morgan fingerprint density at radius 2 is 1.48 bits per heavy atom. The molecule has 4 atom stereocenters. The van der Waals surface area contributed by atoms with Crippen LogP contribution in [0.3, 0.4) is 0 Å².